The van der Waals surface area contributed by atoms with Gasteiger partial charge in [0, 0.05) is 10.1 Å². The monoisotopic (exact) mass is 236 g/mol. The maximum Gasteiger partial charge on any atom is 0.307 e. The molecular weight excluding hydrogens is 220 g/mol. The Labute approximate surface area is 100 Å². The van der Waals surface area contributed by atoms with Crippen molar-refractivity contribution < 1.29 is 9.90 Å². The van der Waals surface area contributed by atoms with Gasteiger partial charge in [-0.1, -0.05) is 24.1 Å². The van der Waals surface area contributed by atoms with Gasteiger partial charge in [0.2, 0.25) is 0 Å². The van der Waals surface area contributed by atoms with E-state index in [1.807, 2.05) is 6.07 Å². The van der Waals surface area contributed by atoms with E-state index in [4.69, 9.17) is 5.11 Å². The van der Waals surface area contributed by atoms with E-state index < -0.39 is 5.97 Å². The summed E-state index contributed by atoms with van der Waals surface area (Å²) in [5.41, 5.74) is 1.23. The van der Waals surface area contributed by atoms with Gasteiger partial charge in [-0.2, -0.15) is 0 Å². The van der Waals surface area contributed by atoms with Gasteiger partial charge in [-0.25, -0.2) is 0 Å². The minimum Gasteiger partial charge on any atom is -0.481 e. The molecule has 1 N–H and O–H groups in total. The van der Waals surface area contributed by atoms with Gasteiger partial charge < -0.3 is 5.11 Å². The number of hydrogen-bond donors (Lipinski definition) is 1. The Bertz CT molecular complexity index is 389. The number of aryl methyl sites for hydroxylation is 1. The molecule has 1 aromatic carbocycles. The van der Waals surface area contributed by atoms with Crippen molar-refractivity contribution in [2.24, 2.45) is 5.92 Å². The zero-order chi connectivity index (χ0) is 11.5. The standard InChI is InChI=1S/C13H16O2S/c1-9-4-2-5-10(8-9)16-12-7-3-6-11(12)13(14)15/h2,4-5,8,11-12H,3,6-7H2,1H3,(H,14,15). The summed E-state index contributed by atoms with van der Waals surface area (Å²) in [6, 6.07) is 8.28. The van der Waals surface area contributed by atoms with E-state index >= 15 is 0 Å². The summed E-state index contributed by atoms with van der Waals surface area (Å²) in [6.45, 7) is 2.06. The van der Waals surface area contributed by atoms with E-state index in [0.29, 0.717) is 0 Å². The van der Waals surface area contributed by atoms with E-state index in [0.717, 1.165) is 19.3 Å². The summed E-state index contributed by atoms with van der Waals surface area (Å²) < 4.78 is 0. The highest BCUT2D eigenvalue weighted by Gasteiger charge is 2.33. The van der Waals surface area contributed by atoms with Gasteiger partial charge in [0.05, 0.1) is 5.92 Å². The van der Waals surface area contributed by atoms with Crippen molar-refractivity contribution in [1.29, 1.82) is 0 Å². The van der Waals surface area contributed by atoms with Crippen molar-refractivity contribution in [3.63, 3.8) is 0 Å². The fraction of sp³-hybridized carbons (Fsp3) is 0.462. The Hall–Kier alpha value is -0.960. The van der Waals surface area contributed by atoms with Crippen LogP contribution in [-0.2, 0) is 4.79 Å². The van der Waals surface area contributed by atoms with Gasteiger partial charge >= 0.3 is 5.97 Å². The maximum atomic E-state index is 11.1. The highest BCUT2D eigenvalue weighted by atomic mass is 32.2. The predicted molar refractivity (Wildman–Crippen MR) is 65.8 cm³/mol. The topological polar surface area (TPSA) is 37.3 Å². The van der Waals surface area contributed by atoms with Gasteiger partial charge in [-0.3, -0.25) is 4.79 Å². The number of aliphatic carboxylic acids is 1. The quantitative estimate of drug-likeness (QED) is 0.874. The molecule has 0 aromatic heterocycles. The fourth-order valence-electron chi connectivity index (χ4n) is 2.21. The van der Waals surface area contributed by atoms with Crippen LogP contribution in [0.4, 0.5) is 0 Å². The SMILES string of the molecule is Cc1cccc(SC2CCCC2C(=O)O)c1. The molecule has 2 nitrogen and oxygen atoms in total. The van der Waals surface area contributed by atoms with E-state index in [1.165, 1.54) is 10.5 Å². The van der Waals surface area contributed by atoms with Crippen LogP contribution in [0, 0.1) is 12.8 Å². The third-order valence-corrected chi connectivity index (χ3v) is 4.44. The first-order chi connectivity index (χ1) is 7.66. The molecule has 1 aromatic rings. The first-order valence-electron chi connectivity index (χ1n) is 5.63. The average Bonchev–Trinajstić information content (AvgIpc) is 2.66. The largest absolute Gasteiger partial charge is 0.481 e. The number of carbonyl (C=O) groups is 1. The van der Waals surface area contributed by atoms with Crippen LogP contribution in [0.15, 0.2) is 29.2 Å². The number of hydrogen-bond acceptors (Lipinski definition) is 2. The highest BCUT2D eigenvalue weighted by Crippen LogP contribution is 2.39. The molecule has 2 unspecified atom stereocenters. The first-order valence-corrected chi connectivity index (χ1v) is 6.51. The Morgan fingerprint density at radius 1 is 1.44 bits per heavy atom. The molecule has 0 radical (unpaired) electrons. The normalized spacial score (nSPS) is 24.6. The molecule has 0 heterocycles. The Morgan fingerprint density at radius 3 is 2.94 bits per heavy atom. The van der Waals surface area contributed by atoms with Crippen LogP contribution in [0.1, 0.15) is 24.8 Å². The van der Waals surface area contributed by atoms with Gasteiger partial charge in [-0.15, -0.1) is 11.8 Å². The Kier molecular flexibility index (Phi) is 3.54. The smallest absolute Gasteiger partial charge is 0.307 e. The van der Waals surface area contributed by atoms with Crippen LogP contribution in [-0.4, -0.2) is 16.3 Å². The zero-order valence-corrected chi connectivity index (χ0v) is 10.2. The minimum atomic E-state index is -0.636. The summed E-state index contributed by atoms with van der Waals surface area (Å²) in [5, 5.41) is 9.35. The fourth-order valence-corrected chi connectivity index (χ4v) is 3.67. The molecule has 86 valence electrons. The molecule has 1 aliphatic carbocycles. The lowest BCUT2D eigenvalue weighted by molar-refractivity contribution is -0.141. The molecule has 0 aliphatic heterocycles. The molecule has 0 bridgehead atoms. The van der Waals surface area contributed by atoms with Gasteiger partial charge in [0.25, 0.3) is 0 Å². The van der Waals surface area contributed by atoms with E-state index in [1.54, 1.807) is 11.8 Å². The molecule has 2 atom stereocenters. The van der Waals surface area contributed by atoms with Gasteiger partial charge in [0.15, 0.2) is 0 Å². The average molecular weight is 236 g/mol. The Balaban J connectivity index is 2.06. The van der Waals surface area contributed by atoms with Crippen LogP contribution >= 0.6 is 11.8 Å². The molecule has 1 fully saturated rings. The second-order valence-corrected chi connectivity index (χ2v) is 5.66. The lowest BCUT2D eigenvalue weighted by atomic mass is 10.1. The molecule has 0 spiro atoms. The minimum absolute atomic E-state index is 0.162. The van der Waals surface area contributed by atoms with Crippen LogP contribution < -0.4 is 0 Å². The van der Waals surface area contributed by atoms with E-state index in [-0.39, 0.29) is 11.2 Å². The molecule has 0 saturated heterocycles. The van der Waals surface area contributed by atoms with Gasteiger partial charge in [0.1, 0.15) is 0 Å². The van der Waals surface area contributed by atoms with Crippen molar-refractivity contribution in [1.82, 2.24) is 0 Å². The number of rotatable bonds is 3. The summed E-state index contributed by atoms with van der Waals surface area (Å²) in [6.07, 6.45) is 2.90. The van der Waals surface area contributed by atoms with Crippen molar-refractivity contribution in [3.8, 4) is 0 Å². The summed E-state index contributed by atoms with van der Waals surface area (Å²) in [7, 11) is 0. The van der Waals surface area contributed by atoms with Crippen LogP contribution in [0.5, 0.6) is 0 Å². The lowest BCUT2D eigenvalue weighted by Gasteiger charge is -2.15. The molecule has 3 heteroatoms. The second-order valence-electron chi connectivity index (χ2n) is 4.35. The number of thioether (sulfide) groups is 1. The highest BCUT2D eigenvalue weighted by molar-refractivity contribution is 8.00. The summed E-state index contributed by atoms with van der Waals surface area (Å²) in [5.74, 6) is -0.798. The van der Waals surface area contributed by atoms with E-state index in [9.17, 15) is 4.79 Å². The number of carboxylic acid groups (broad SMARTS) is 1. The molecule has 16 heavy (non-hydrogen) atoms. The van der Waals surface area contributed by atoms with Crippen molar-refractivity contribution >= 4 is 17.7 Å². The lowest BCUT2D eigenvalue weighted by Crippen LogP contribution is -2.19. The summed E-state index contributed by atoms with van der Waals surface area (Å²) in [4.78, 5) is 12.2. The van der Waals surface area contributed by atoms with Crippen molar-refractivity contribution in [3.05, 3.63) is 29.8 Å². The van der Waals surface area contributed by atoms with Gasteiger partial charge in [-0.05, 0) is 31.9 Å². The van der Waals surface area contributed by atoms with Crippen molar-refractivity contribution in [2.45, 2.75) is 36.3 Å². The third kappa shape index (κ3) is 2.59. The molecular formula is C13H16O2S. The Morgan fingerprint density at radius 2 is 2.25 bits per heavy atom. The zero-order valence-electron chi connectivity index (χ0n) is 9.35. The molecule has 2 rings (SSSR count). The number of carboxylic acids is 1. The summed E-state index contributed by atoms with van der Waals surface area (Å²) >= 11 is 1.72. The molecule has 1 aliphatic rings. The van der Waals surface area contributed by atoms with Crippen LogP contribution in [0.3, 0.4) is 0 Å². The van der Waals surface area contributed by atoms with Crippen LogP contribution in [0.2, 0.25) is 0 Å². The first kappa shape index (κ1) is 11.5. The third-order valence-electron chi connectivity index (χ3n) is 3.05. The van der Waals surface area contributed by atoms with Crippen LogP contribution in [0.25, 0.3) is 0 Å². The number of benzene rings is 1. The maximum absolute atomic E-state index is 11.1. The van der Waals surface area contributed by atoms with E-state index in [2.05, 4.69) is 25.1 Å². The predicted octanol–water partition coefficient (Wildman–Crippen LogP) is 3.34. The molecule has 0 amide bonds. The second kappa shape index (κ2) is 4.91. The van der Waals surface area contributed by atoms with Crippen molar-refractivity contribution in [2.75, 3.05) is 0 Å². The molecule has 1 saturated carbocycles.